The van der Waals surface area contributed by atoms with Crippen molar-refractivity contribution >= 4 is 11.8 Å². The van der Waals surface area contributed by atoms with Gasteiger partial charge >= 0.3 is 18.0 Å². The molecule has 1 unspecified atom stereocenters. The minimum atomic E-state index is -4.54. The minimum Gasteiger partial charge on any atom is -0.375 e. The molecule has 1 saturated heterocycles. The van der Waals surface area contributed by atoms with E-state index in [1.165, 1.54) is 9.80 Å². The van der Waals surface area contributed by atoms with Crippen LogP contribution in [0.2, 0.25) is 0 Å². The van der Waals surface area contributed by atoms with Gasteiger partial charge in [-0.2, -0.15) is 13.2 Å². The average molecular weight is 374 g/mol. The number of ether oxygens (including phenoxy) is 1. The Morgan fingerprint density at radius 1 is 1.23 bits per heavy atom. The number of rotatable bonds is 2. The van der Waals surface area contributed by atoms with Gasteiger partial charge in [-0.15, -0.1) is 0 Å². The van der Waals surface area contributed by atoms with Crippen LogP contribution in [-0.2, 0) is 33.6 Å². The van der Waals surface area contributed by atoms with Crippen molar-refractivity contribution in [3.05, 3.63) is 17.7 Å². The standard InChI is InChI=1S/C16H21F3N4O3/c1-2-3-12-10-22(6-7-26-12)14(25)13(24)21-4-5-23-11(9-21)8-20-15(23)16(17,18)19/h8,12H,2-7,9-10H2,1H3. The fourth-order valence-electron chi connectivity index (χ4n) is 3.35. The third-order valence-corrected chi connectivity index (χ3v) is 4.64. The summed E-state index contributed by atoms with van der Waals surface area (Å²) < 4.78 is 45.3. The summed E-state index contributed by atoms with van der Waals surface area (Å²) in [5.74, 6) is -2.29. The molecule has 1 aromatic heterocycles. The van der Waals surface area contributed by atoms with E-state index in [0.717, 1.165) is 23.6 Å². The summed E-state index contributed by atoms with van der Waals surface area (Å²) in [5, 5.41) is 0. The Hall–Kier alpha value is -2.10. The van der Waals surface area contributed by atoms with Crippen LogP contribution in [0, 0.1) is 0 Å². The quantitative estimate of drug-likeness (QED) is 0.732. The molecule has 26 heavy (non-hydrogen) atoms. The zero-order chi connectivity index (χ0) is 18.9. The van der Waals surface area contributed by atoms with Crippen molar-refractivity contribution in [2.24, 2.45) is 0 Å². The lowest BCUT2D eigenvalue weighted by Gasteiger charge is -2.35. The van der Waals surface area contributed by atoms with Crippen molar-refractivity contribution < 1.29 is 27.5 Å². The summed E-state index contributed by atoms with van der Waals surface area (Å²) in [5.41, 5.74) is 0.274. The lowest BCUT2D eigenvalue weighted by molar-refractivity contribution is -0.157. The van der Waals surface area contributed by atoms with Gasteiger partial charge in [0.25, 0.3) is 0 Å². The molecule has 144 valence electrons. The number of nitrogens with zero attached hydrogens (tertiary/aromatic N) is 4. The van der Waals surface area contributed by atoms with Crippen LogP contribution >= 0.6 is 0 Å². The number of carbonyl (C=O) groups is 2. The molecule has 0 aromatic carbocycles. The number of imidazole rings is 1. The number of morpholine rings is 1. The second-order valence-corrected chi connectivity index (χ2v) is 6.48. The zero-order valence-electron chi connectivity index (χ0n) is 14.5. The van der Waals surface area contributed by atoms with E-state index >= 15 is 0 Å². The van der Waals surface area contributed by atoms with E-state index in [4.69, 9.17) is 4.74 Å². The molecule has 0 saturated carbocycles. The number of hydrogen-bond donors (Lipinski definition) is 0. The first-order valence-corrected chi connectivity index (χ1v) is 8.62. The second-order valence-electron chi connectivity index (χ2n) is 6.48. The van der Waals surface area contributed by atoms with Crippen molar-refractivity contribution in [1.82, 2.24) is 19.4 Å². The third kappa shape index (κ3) is 3.69. The predicted octanol–water partition coefficient (Wildman–Crippen LogP) is 1.27. The van der Waals surface area contributed by atoms with E-state index in [-0.39, 0.29) is 31.4 Å². The van der Waals surface area contributed by atoms with Crippen molar-refractivity contribution in [2.45, 2.75) is 45.1 Å². The molecule has 0 spiro atoms. The topological polar surface area (TPSA) is 67.7 Å². The van der Waals surface area contributed by atoms with E-state index in [1.54, 1.807) is 0 Å². The first kappa shape index (κ1) is 18.7. The molecule has 1 fully saturated rings. The molecular weight excluding hydrogens is 353 g/mol. The molecule has 7 nitrogen and oxygen atoms in total. The molecule has 0 bridgehead atoms. The molecule has 0 aliphatic carbocycles. The first-order chi connectivity index (χ1) is 12.3. The Kier molecular flexibility index (Phi) is 5.22. The molecule has 1 atom stereocenters. The van der Waals surface area contributed by atoms with Crippen LogP contribution in [0.5, 0.6) is 0 Å². The van der Waals surface area contributed by atoms with Gasteiger partial charge in [0.05, 0.1) is 31.1 Å². The lowest BCUT2D eigenvalue weighted by Crippen LogP contribution is -2.52. The van der Waals surface area contributed by atoms with Gasteiger partial charge in [-0.25, -0.2) is 4.98 Å². The van der Waals surface area contributed by atoms with Crippen molar-refractivity contribution in [2.75, 3.05) is 26.2 Å². The van der Waals surface area contributed by atoms with Crippen molar-refractivity contribution in [3.8, 4) is 0 Å². The van der Waals surface area contributed by atoms with Gasteiger partial charge in [-0.1, -0.05) is 13.3 Å². The van der Waals surface area contributed by atoms with Gasteiger partial charge in [0.2, 0.25) is 5.82 Å². The number of aromatic nitrogens is 2. The number of alkyl halides is 3. The molecule has 0 N–H and O–H groups in total. The summed E-state index contributed by atoms with van der Waals surface area (Å²) in [6.07, 6.45) is -1.79. The van der Waals surface area contributed by atoms with Gasteiger partial charge < -0.3 is 19.1 Å². The van der Waals surface area contributed by atoms with E-state index in [9.17, 15) is 22.8 Å². The normalized spacial score (nSPS) is 20.8. The fourth-order valence-corrected chi connectivity index (χ4v) is 3.35. The maximum absolute atomic E-state index is 12.9. The highest BCUT2D eigenvalue weighted by Gasteiger charge is 2.39. The predicted molar refractivity (Wildman–Crippen MR) is 83.9 cm³/mol. The Labute approximate surface area is 148 Å². The summed E-state index contributed by atoms with van der Waals surface area (Å²) >= 11 is 0. The van der Waals surface area contributed by atoms with E-state index in [0.29, 0.717) is 19.7 Å². The van der Waals surface area contributed by atoms with E-state index < -0.39 is 23.8 Å². The molecule has 1 aromatic rings. The van der Waals surface area contributed by atoms with Gasteiger partial charge in [-0.3, -0.25) is 9.59 Å². The van der Waals surface area contributed by atoms with Crippen LogP contribution in [0.1, 0.15) is 31.3 Å². The molecular formula is C16H21F3N4O3. The Morgan fingerprint density at radius 2 is 1.96 bits per heavy atom. The van der Waals surface area contributed by atoms with Crippen LogP contribution < -0.4 is 0 Å². The Balaban J connectivity index is 1.66. The highest BCUT2D eigenvalue weighted by Crippen LogP contribution is 2.30. The molecule has 2 amide bonds. The Bertz CT molecular complexity index is 687. The highest BCUT2D eigenvalue weighted by atomic mass is 19.4. The molecule has 2 aliphatic heterocycles. The first-order valence-electron chi connectivity index (χ1n) is 8.62. The summed E-state index contributed by atoms with van der Waals surface area (Å²) in [4.78, 5) is 31.2. The van der Waals surface area contributed by atoms with E-state index in [1.807, 2.05) is 6.92 Å². The lowest BCUT2D eigenvalue weighted by atomic mass is 10.1. The molecule has 2 aliphatic rings. The van der Waals surface area contributed by atoms with Gasteiger partial charge in [-0.05, 0) is 6.42 Å². The van der Waals surface area contributed by atoms with Crippen LogP contribution in [0.15, 0.2) is 6.20 Å². The molecule has 0 radical (unpaired) electrons. The van der Waals surface area contributed by atoms with Gasteiger partial charge in [0.1, 0.15) is 0 Å². The maximum atomic E-state index is 12.9. The monoisotopic (exact) mass is 374 g/mol. The minimum absolute atomic E-state index is 0.0369. The highest BCUT2D eigenvalue weighted by molar-refractivity contribution is 6.34. The number of amides is 2. The van der Waals surface area contributed by atoms with E-state index in [2.05, 4.69) is 4.98 Å². The number of carbonyl (C=O) groups excluding carboxylic acids is 2. The summed E-state index contributed by atoms with van der Waals surface area (Å²) in [6, 6.07) is 0. The van der Waals surface area contributed by atoms with Crippen LogP contribution in [0.25, 0.3) is 0 Å². The number of halogens is 3. The molecule has 3 heterocycles. The van der Waals surface area contributed by atoms with Crippen LogP contribution in [0.4, 0.5) is 13.2 Å². The third-order valence-electron chi connectivity index (χ3n) is 4.64. The average Bonchev–Trinajstić information content (AvgIpc) is 3.04. The summed E-state index contributed by atoms with van der Waals surface area (Å²) in [6.45, 7) is 3.05. The SMILES string of the molecule is CCCC1CN(C(=O)C(=O)N2CCn3c(cnc3C(F)(F)F)C2)CCO1. The zero-order valence-corrected chi connectivity index (χ0v) is 14.5. The van der Waals surface area contributed by atoms with Gasteiger partial charge in [0.15, 0.2) is 0 Å². The van der Waals surface area contributed by atoms with Crippen molar-refractivity contribution in [3.63, 3.8) is 0 Å². The molecule has 3 rings (SSSR count). The maximum Gasteiger partial charge on any atom is 0.449 e. The van der Waals surface area contributed by atoms with Crippen LogP contribution in [0.3, 0.4) is 0 Å². The van der Waals surface area contributed by atoms with Crippen molar-refractivity contribution in [1.29, 1.82) is 0 Å². The second kappa shape index (κ2) is 7.26. The smallest absolute Gasteiger partial charge is 0.375 e. The number of hydrogen-bond acceptors (Lipinski definition) is 4. The van der Waals surface area contributed by atoms with Gasteiger partial charge in [0, 0.05) is 26.2 Å². The Morgan fingerprint density at radius 3 is 2.65 bits per heavy atom. The number of fused-ring (bicyclic) bond motifs is 1. The molecule has 10 heteroatoms. The largest absolute Gasteiger partial charge is 0.449 e. The van der Waals surface area contributed by atoms with Crippen LogP contribution in [-0.4, -0.2) is 63.5 Å². The summed E-state index contributed by atoms with van der Waals surface area (Å²) in [7, 11) is 0. The fraction of sp³-hybridized carbons (Fsp3) is 0.688.